The largest absolute Gasteiger partial charge is 0.302 e. The molecule has 0 unspecified atom stereocenters. The van der Waals surface area contributed by atoms with Crippen molar-refractivity contribution in [3.05, 3.63) is 99.8 Å². The molecule has 0 N–H and O–H groups in total. The highest BCUT2D eigenvalue weighted by molar-refractivity contribution is 6.30. The Hall–Kier alpha value is -2.16. The standard InChI is InChI=1S/C27H27ClN2/c28-21-7-8-23-24-16-27(26(23)15-21,25-6-2-1-5-22(24)25)18-30-12-9-19(10-13-30)14-20-4-3-11-29-17-20/h1-8,11,15,17,19,24H,9-10,12-14,16,18H2/t24-,27-/m1/s1. The number of benzene rings is 2. The van der Waals surface area contributed by atoms with E-state index < -0.39 is 0 Å². The van der Waals surface area contributed by atoms with E-state index in [1.807, 2.05) is 12.4 Å². The van der Waals surface area contributed by atoms with Crippen LogP contribution in [0.1, 0.15) is 53.0 Å². The van der Waals surface area contributed by atoms with Crippen LogP contribution in [0.2, 0.25) is 5.02 Å². The van der Waals surface area contributed by atoms with Crippen LogP contribution < -0.4 is 0 Å². The summed E-state index contributed by atoms with van der Waals surface area (Å²) in [6.07, 6.45) is 8.81. The SMILES string of the molecule is Clc1ccc2c(c1)[C@@]1(CN3CCC(Cc4cccnc4)CC3)C[C@@H]2c2ccccc21. The monoisotopic (exact) mass is 414 g/mol. The number of hydrogen-bond acceptors (Lipinski definition) is 2. The molecule has 1 fully saturated rings. The van der Waals surface area contributed by atoms with Crippen molar-refractivity contribution in [3.8, 4) is 0 Å². The molecule has 1 saturated heterocycles. The summed E-state index contributed by atoms with van der Waals surface area (Å²) in [4.78, 5) is 7.00. The lowest BCUT2D eigenvalue weighted by molar-refractivity contribution is 0.158. The van der Waals surface area contributed by atoms with Crippen molar-refractivity contribution in [2.24, 2.45) is 5.92 Å². The second kappa shape index (κ2) is 7.21. The summed E-state index contributed by atoms with van der Waals surface area (Å²) < 4.78 is 0. The van der Waals surface area contributed by atoms with Crippen LogP contribution in [0.25, 0.3) is 0 Å². The molecule has 30 heavy (non-hydrogen) atoms. The number of nitrogens with zero attached hydrogens (tertiary/aromatic N) is 2. The quantitative estimate of drug-likeness (QED) is 0.534. The molecule has 3 aromatic rings. The third-order valence-electron chi connectivity index (χ3n) is 7.76. The van der Waals surface area contributed by atoms with Crippen molar-refractivity contribution in [2.75, 3.05) is 19.6 Å². The Morgan fingerprint density at radius 2 is 1.80 bits per heavy atom. The third kappa shape index (κ3) is 2.92. The van der Waals surface area contributed by atoms with Crippen molar-refractivity contribution in [1.29, 1.82) is 0 Å². The topological polar surface area (TPSA) is 16.1 Å². The molecule has 0 spiro atoms. The van der Waals surface area contributed by atoms with E-state index in [2.05, 4.69) is 64.5 Å². The molecule has 3 heteroatoms. The second-order valence-corrected chi connectivity index (χ2v) is 9.88. The van der Waals surface area contributed by atoms with Crippen LogP contribution in [0.15, 0.2) is 67.0 Å². The van der Waals surface area contributed by atoms with Crippen molar-refractivity contribution >= 4 is 11.6 Å². The highest BCUT2D eigenvalue weighted by Gasteiger charge is 2.53. The first-order chi connectivity index (χ1) is 14.7. The Morgan fingerprint density at radius 1 is 0.967 bits per heavy atom. The maximum Gasteiger partial charge on any atom is 0.0409 e. The summed E-state index contributed by atoms with van der Waals surface area (Å²) in [5.41, 5.74) is 7.56. The summed E-state index contributed by atoms with van der Waals surface area (Å²) in [5.74, 6) is 1.31. The molecular formula is C27H27ClN2. The van der Waals surface area contributed by atoms with Crippen LogP contribution >= 0.6 is 11.6 Å². The molecule has 1 aliphatic heterocycles. The van der Waals surface area contributed by atoms with E-state index in [1.165, 1.54) is 49.0 Å². The van der Waals surface area contributed by atoms with Gasteiger partial charge in [-0.15, -0.1) is 0 Å². The van der Waals surface area contributed by atoms with Gasteiger partial charge in [-0.1, -0.05) is 48.0 Å². The number of likely N-dealkylation sites (tertiary alicyclic amines) is 1. The Kier molecular flexibility index (Phi) is 4.47. The smallest absolute Gasteiger partial charge is 0.0409 e. The highest BCUT2D eigenvalue weighted by atomic mass is 35.5. The Balaban J connectivity index is 1.24. The van der Waals surface area contributed by atoms with Gasteiger partial charge in [0.15, 0.2) is 0 Å². The molecule has 1 aromatic heterocycles. The Bertz CT molecular complexity index is 1070. The first kappa shape index (κ1) is 18.6. The van der Waals surface area contributed by atoms with Crippen molar-refractivity contribution < 1.29 is 0 Å². The molecule has 2 atom stereocenters. The van der Waals surface area contributed by atoms with Crippen LogP contribution in [0, 0.1) is 5.92 Å². The van der Waals surface area contributed by atoms with Crippen LogP contribution in [-0.2, 0) is 11.8 Å². The van der Waals surface area contributed by atoms with Crippen LogP contribution in [0.3, 0.4) is 0 Å². The Labute approximate surface area is 183 Å². The normalized spacial score (nSPS) is 25.3. The molecule has 2 bridgehead atoms. The molecule has 2 aromatic carbocycles. The fourth-order valence-corrected chi connectivity index (χ4v) is 6.57. The number of halogens is 1. The maximum atomic E-state index is 6.47. The summed E-state index contributed by atoms with van der Waals surface area (Å²) >= 11 is 6.47. The lowest BCUT2D eigenvalue weighted by atomic mass is 9.74. The van der Waals surface area contributed by atoms with Gasteiger partial charge in [0, 0.05) is 35.3 Å². The Morgan fingerprint density at radius 3 is 2.63 bits per heavy atom. The fourth-order valence-electron chi connectivity index (χ4n) is 6.40. The van der Waals surface area contributed by atoms with E-state index in [-0.39, 0.29) is 5.41 Å². The minimum absolute atomic E-state index is 0.109. The lowest BCUT2D eigenvalue weighted by Gasteiger charge is -2.40. The molecule has 152 valence electrons. The van der Waals surface area contributed by atoms with Gasteiger partial charge in [-0.05, 0) is 90.7 Å². The number of hydrogen-bond donors (Lipinski definition) is 0. The van der Waals surface area contributed by atoms with Crippen molar-refractivity contribution in [2.45, 2.75) is 37.0 Å². The van der Waals surface area contributed by atoms with E-state index >= 15 is 0 Å². The number of aromatic nitrogens is 1. The zero-order valence-corrected chi connectivity index (χ0v) is 18.0. The van der Waals surface area contributed by atoms with Crippen molar-refractivity contribution in [1.82, 2.24) is 9.88 Å². The van der Waals surface area contributed by atoms with Gasteiger partial charge < -0.3 is 4.90 Å². The van der Waals surface area contributed by atoms with Gasteiger partial charge in [-0.3, -0.25) is 4.98 Å². The molecule has 0 amide bonds. The first-order valence-electron chi connectivity index (χ1n) is 11.2. The summed E-state index contributed by atoms with van der Waals surface area (Å²) in [7, 11) is 0. The van der Waals surface area contributed by atoms with E-state index in [4.69, 9.17) is 11.6 Å². The van der Waals surface area contributed by atoms with Crippen LogP contribution in [-0.4, -0.2) is 29.5 Å². The van der Waals surface area contributed by atoms with E-state index in [0.29, 0.717) is 5.92 Å². The minimum Gasteiger partial charge on any atom is -0.302 e. The average Bonchev–Trinajstić information content (AvgIpc) is 3.27. The lowest BCUT2D eigenvalue weighted by Crippen LogP contribution is -2.44. The van der Waals surface area contributed by atoms with E-state index in [1.54, 1.807) is 11.1 Å². The number of piperidine rings is 1. The summed E-state index contributed by atoms with van der Waals surface area (Å²) in [5, 5.41) is 0.869. The van der Waals surface area contributed by atoms with Crippen LogP contribution in [0.4, 0.5) is 0 Å². The number of pyridine rings is 1. The first-order valence-corrected chi connectivity index (χ1v) is 11.6. The zero-order valence-electron chi connectivity index (χ0n) is 17.2. The molecular weight excluding hydrogens is 388 g/mol. The highest BCUT2D eigenvalue weighted by Crippen LogP contribution is 2.60. The summed E-state index contributed by atoms with van der Waals surface area (Å²) in [6.45, 7) is 3.50. The molecule has 2 nitrogen and oxygen atoms in total. The van der Waals surface area contributed by atoms with Gasteiger partial charge in [0.1, 0.15) is 0 Å². The van der Waals surface area contributed by atoms with Gasteiger partial charge in [-0.2, -0.15) is 0 Å². The summed E-state index contributed by atoms with van der Waals surface area (Å²) in [6, 6.07) is 20.0. The number of fused-ring (bicyclic) bond motifs is 8. The van der Waals surface area contributed by atoms with Crippen molar-refractivity contribution in [3.63, 3.8) is 0 Å². The molecule has 2 aliphatic carbocycles. The predicted octanol–water partition coefficient (Wildman–Crippen LogP) is 5.82. The zero-order chi connectivity index (χ0) is 20.1. The second-order valence-electron chi connectivity index (χ2n) is 9.44. The van der Waals surface area contributed by atoms with E-state index in [9.17, 15) is 0 Å². The van der Waals surface area contributed by atoms with E-state index in [0.717, 1.165) is 23.9 Å². The fraction of sp³-hybridized carbons (Fsp3) is 0.370. The van der Waals surface area contributed by atoms with Crippen LogP contribution in [0.5, 0.6) is 0 Å². The molecule has 2 heterocycles. The minimum atomic E-state index is 0.109. The number of rotatable bonds is 4. The van der Waals surface area contributed by atoms with Gasteiger partial charge in [0.05, 0.1) is 0 Å². The van der Waals surface area contributed by atoms with Gasteiger partial charge in [0.25, 0.3) is 0 Å². The van der Waals surface area contributed by atoms with Gasteiger partial charge in [0.2, 0.25) is 0 Å². The third-order valence-corrected chi connectivity index (χ3v) is 7.99. The maximum absolute atomic E-state index is 6.47. The van der Waals surface area contributed by atoms with Gasteiger partial charge in [-0.25, -0.2) is 0 Å². The molecule has 0 saturated carbocycles. The predicted molar refractivity (Wildman–Crippen MR) is 122 cm³/mol. The van der Waals surface area contributed by atoms with Gasteiger partial charge >= 0.3 is 0 Å². The molecule has 3 aliphatic rings. The average molecular weight is 415 g/mol. The molecule has 0 radical (unpaired) electrons. The molecule has 6 rings (SSSR count).